The normalized spacial score (nSPS) is 20.6. The third kappa shape index (κ3) is 2.74. The Morgan fingerprint density at radius 1 is 1.28 bits per heavy atom. The summed E-state index contributed by atoms with van der Waals surface area (Å²) in [5.74, 6) is 0.252. The van der Waals surface area contributed by atoms with Crippen LogP contribution in [0.5, 0.6) is 0 Å². The molecule has 98 valence electrons. The molecule has 1 aromatic rings. The number of anilines is 1. The van der Waals surface area contributed by atoms with E-state index in [4.69, 9.17) is 0 Å². The summed E-state index contributed by atoms with van der Waals surface area (Å²) in [5.41, 5.74) is 2.03. The molecular formula is C16H23NO. The zero-order valence-corrected chi connectivity index (χ0v) is 11.5. The first-order valence-electron chi connectivity index (χ1n) is 7.13. The summed E-state index contributed by atoms with van der Waals surface area (Å²) in [6.45, 7) is 5.29. The second kappa shape index (κ2) is 6.03. The van der Waals surface area contributed by atoms with E-state index in [0.29, 0.717) is 12.5 Å². The van der Waals surface area contributed by atoms with Crippen molar-refractivity contribution in [2.75, 3.05) is 11.4 Å². The van der Waals surface area contributed by atoms with E-state index in [1.54, 1.807) is 0 Å². The summed E-state index contributed by atoms with van der Waals surface area (Å²) in [6.07, 6.45) is 5.67. The van der Waals surface area contributed by atoms with E-state index in [1.165, 1.54) is 25.7 Å². The molecular weight excluding hydrogens is 222 g/mol. The monoisotopic (exact) mass is 245 g/mol. The molecule has 1 aliphatic heterocycles. The summed E-state index contributed by atoms with van der Waals surface area (Å²) in [7, 11) is 0. The SMILES string of the molecule is CCC(=O)c1ccccc1N1CCCCCC1C. The Morgan fingerprint density at radius 2 is 2.06 bits per heavy atom. The third-order valence-corrected chi connectivity index (χ3v) is 3.89. The fourth-order valence-electron chi connectivity index (χ4n) is 2.78. The molecule has 2 rings (SSSR count). The van der Waals surface area contributed by atoms with E-state index in [-0.39, 0.29) is 5.78 Å². The minimum atomic E-state index is 0.252. The van der Waals surface area contributed by atoms with Crippen LogP contribution in [0.1, 0.15) is 56.3 Å². The van der Waals surface area contributed by atoms with Crippen molar-refractivity contribution >= 4 is 11.5 Å². The van der Waals surface area contributed by atoms with Gasteiger partial charge in [0.15, 0.2) is 5.78 Å². The number of nitrogens with zero attached hydrogens (tertiary/aromatic N) is 1. The summed E-state index contributed by atoms with van der Waals surface area (Å²) in [4.78, 5) is 14.5. The molecule has 1 heterocycles. The van der Waals surface area contributed by atoms with Gasteiger partial charge in [-0.1, -0.05) is 31.9 Å². The molecule has 1 atom stereocenters. The Bertz CT molecular complexity index is 413. The van der Waals surface area contributed by atoms with Gasteiger partial charge in [0.2, 0.25) is 0 Å². The van der Waals surface area contributed by atoms with E-state index >= 15 is 0 Å². The van der Waals surface area contributed by atoms with Crippen LogP contribution in [-0.2, 0) is 0 Å². The van der Waals surface area contributed by atoms with E-state index < -0.39 is 0 Å². The van der Waals surface area contributed by atoms with Gasteiger partial charge < -0.3 is 4.90 Å². The number of Topliss-reactive ketones (excluding diaryl/α,β-unsaturated/α-hetero) is 1. The van der Waals surface area contributed by atoms with Crippen molar-refractivity contribution in [1.29, 1.82) is 0 Å². The van der Waals surface area contributed by atoms with Crippen molar-refractivity contribution in [3.8, 4) is 0 Å². The first-order chi connectivity index (χ1) is 8.74. The summed E-state index contributed by atoms with van der Waals surface area (Å²) in [6, 6.07) is 8.62. The molecule has 0 saturated carbocycles. The van der Waals surface area contributed by atoms with Gasteiger partial charge >= 0.3 is 0 Å². The second-order valence-electron chi connectivity index (χ2n) is 5.19. The maximum Gasteiger partial charge on any atom is 0.164 e. The molecule has 2 heteroatoms. The predicted octanol–water partition coefficient (Wildman–Crippen LogP) is 4.05. The zero-order chi connectivity index (χ0) is 13.0. The van der Waals surface area contributed by atoms with E-state index in [9.17, 15) is 4.79 Å². The maximum absolute atomic E-state index is 12.0. The molecule has 1 aromatic carbocycles. The standard InChI is InChI=1S/C16H23NO/c1-3-16(18)14-10-6-7-11-15(14)17-12-8-4-5-9-13(17)2/h6-7,10-11,13H,3-5,8-9,12H2,1-2H3. The average Bonchev–Trinajstić information content (AvgIpc) is 2.62. The van der Waals surface area contributed by atoms with Gasteiger partial charge in [0.1, 0.15) is 0 Å². The lowest BCUT2D eigenvalue weighted by molar-refractivity contribution is 0.0988. The average molecular weight is 245 g/mol. The molecule has 0 amide bonds. The molecule has 2 nitrogen and oxygen atoms in total. The van der Waals surface area contributed by atoms with E-state index in [2.05, 4.69) is 17.9 Å². The molecule has 1 fully saturated rings. The van der Waals surface area contributed by atoms with Crippen molar-refractivity contribution < 1.29 is 4.79 Å². The number of benzene rings is 1. The van der Waals surface area contributed by atoms with Crippen LogP contribution in [0.2, 0.25) is 0 Å². The minimum Gasteiger partial charge on any atom is -0.368 e. The number of rotatable bonds is 3. The van der Waals surface area contributed by atoms with Crippen LogP contribution in [0.15, 0.2) is 24.3 Å². The van der Waals surface area contributed by atoms with Gasteiger partial charge in [-0.15, -0.1) is 0 Å². The lowest BCUT2D eigenvalue weighted by Crippen LogP contribution is -2.33. The number of carbonyl (C=O) groups is 1. The minimum absolute atomic E-state index is 0.252. The summed E-state index contributed by atoms with van der Waals surface area (Å²) < 4.78 is 0. The van der Waals surface area contributed by atoms with Gasteiger partial charge in [-0.2, -0.15) is 0 Å². The second-order valence-corrected chi connectivity index (χ2v) is 5.19. The molecule has 0 radical (unpaired) electrons. The van der Waals surface area contributed by atoms with E-state index in [1.807, 2.05) is 25.1 Å². The molecule has 1 saturated heterocycles. The molecule has 1 unspecified atom stereocenters. The smallest absolute Gasteiger partial charge is 0.164 e. The van der Waals surface area contributed by atoms with Crippen LogP contribution in [0.25, 0.3) is 0 Å². The van der Waals surface area contributed by atoms with Gasteiger partial charge in [-0.05, 0) is 31.9 Å². The predicted molar refractivity (Wildman–Crippen MR) is 76.3 cm³/mol. The van der Waals surface area contributed by atoms with Crippen molar-refractivity contribution in [3.63, 3.8) is 0 Å². The highest BCUT2D eigenvalue weighted by Crippen LogP contribution is 2.28. The Labute approximate surface area is 110 Å². The number of para-hydroxylation sites is 1. The van der Waals surface area contributed by atoms with Crippen LogP contribution in [0.4, 0.5) is 5.69 Å². The number of ketones is 1. The van der Waals surface area contributed by atoms with Crippen LogP contribution in [0, 0.1) is 0 Å². The Hall–Kier alpha value is -1.31. The zero-order valence-electron chi connectivity index (χ0n) is 11.5. The Balaban J connectivity index is 2.33. The maximum atomic E-state index is 12.0. The van der Waals surface area contributed by atoms with Crippen LogP contribution in [-0.4, -0.2) is 18.4 Å². The van der Waals surface area contributed by atoms with Crippen molar-refractivity contribution in [2.24, 2.45) is 0 Å². The number of hydrogen-bond acceptors (Lipinski definition) is 2. The number of hydrogen-bond donors (Lipinski definition) is 0. The fourth-order valence-corrected chi connectivity index (χ4v) is 2.78. The molecule has 0 N–H and O–H groups in total. The van der Waals surface area contributed by atoms with Gasteiger partial charge in [-0.3, -0.25) is 4.79 Å². The van der Waals surface area contributed by atoms with Gasteiger partial charge in [0, 0.05) is 30.3 Å². The quantitative estimate of drug-likeness (QED) is 0.749. The fraction of sp³-hybridized carbons (Fsp3) is 0.562. The van der Waals surface area contributed by atoms with Gasteiger partial charge in [0.05, 0.1) is 0 Å². The molecule has 1 aliphatic rings. The molecule has 0 aromatic heterocycles. The first kappa shape index (κ1) is 13.1. The Morgan fingerprint density at radius 3 is 2.83 bits per heavy atom. The highest BCUT2D eigenvalue weighted by atomic mass is 16.1. The highest BCUT2D eigenvalue weighted by Gasteiger charge is 2.21. The lowest BCUT2D eigenvalue weighted by Gasteiger charge is -2.31. The highest BCUT2D eigenvalue weighted by molar-refractivity contribution is 6.01. The van der Waals surface area contributed by atoms with Crippen LogP contribution >= 0.6 is 0 Å². The van der Waals surface area contributed by atoms with Gasteiger partial charge in [0.25, 0.3) is 0 Å². The largest absolute Gasteiger partial charge is 0.368 e. The molecule has 0 aliphatic carbocycles. The summed E-state index contributed by atoms with van der Waals surface area (Å²) >= 11 is 0. The molecule has 0 bridgehead atoms. The van der Waals surface area contributed by atoms with Crippen molar-refractivity contribution in [3.05, 3.63) is 29.8 Å². The van der Waals surface area contributed by atoms with Crippen LogP contribution < -0.4 is 4.90 Å². The van der Waals surface area contributed by atoms with Crippen molar-refractivity contribution in [1.82, 2.24) is 0 Å². The first-order valence-corrected chi connectivity index (χ1v) is 7.13. The lowest BCUT2D eigenvalue weighted by atomic mass is 10.0. The number of carbonyl (C=O) groups excluding carboxylic acids is 1. The third-order valence-electron chi connectivity index (χ3n) is 3.89. The van der Waals surface area contributed by atoms with Crippen LogP contribution in [0.3, 0.4) is 0 Å². The molecule has 0 spiro atoms. The Kier molecular flexibility index (Phi) is 4.40. The molecule has 18 heavy (non-hydrogen) atoms. The van der Waals surface area contributed by atoms with E-state index in [0.717, 1.165) is 17.8 Å². The van der Waals surface area contributed by atoms with Gasteiger partial charge in [-0.25, -0.2) is 0 Å². The summed E-state index contributed by atoms with van der Waals surface area (Å²) in [5, 5.41) is 0. The van der Waals surface area contributed by atoms with Crippen molar-refractivity contribution in [2.45, 2.75) is 52.0 Å². The topological polar surface area (TPSA) is 20.3 Å².